The molecule has 0 unspecified atom stereocenters. The molecule has 4 nitrogen and oxygen atoms in total. The quantitative estimate of drug-likeness (QED) is 0.875. The van der Waals surface area contributed by atoms with Crippen LogP contribution in [0.2, 0.25) is 0 Å². The fourth-order valence-electron chi connectivity index (χ4n) is 1.52. The van der Waals surface area contributed by atoms with Gasteiger partial charge in [0.2, 0.25) is 5.91 Å². The number of amides is 1. The molecule has 2 N–H and O–H groups in total. The summed E-state index contributed by atoms with van der Waals surface area (Å²) in [6.07, 6.45) is 1.63. The van der Waals surface area contributed by atoms with Gasteiger partial charge in [0.05, 0.1) is 12.3 Å². The molecule has 0 aliphatic heterocycles. The molecule has 0 saturated heterocycles. The molecule has 0 fully saturated rings. The summed E-state index contributed by atoms with van der Waals surface area (Å²) >= 11 is 0. The van der Waals surface area contributed by atoms with Gasteiger partial charge in [0.1, 0.15) is 5.76 Å². The Labute approximate surface area is 103 Å². The smallest absolute Gasteiger partial charge is 0.240 e. The summed E-state index contributed by atoms with van der Waals surface area (Å²) in [4.78, 5) is 13.7. The molecule has 96 valence electrons. The predicted molar refractivity (Wildman–Crippen MR) is 67.3 cm³/mol. The van der Waals surface area contributed by atoms with E-state index in [-0.39, 0.29) is 11.3 Å². The molecule has 0 aliphatic rings. The van der Waals surface area contributed by atoms with Gasteiger partial charge in [-0.1, -0.05) is 20.8 Å². The second kappa shape index (κ2) is 4.92. The van der Waals surface area contributed by atoms with Gasteiger partial charge in [-0.25, -0.2) is 0 Å². The lowest BCUT2D eigenvalue weighted by atomic mass is 9.86. The highest BCUT2D eigenvalue weighted by Gasteiger charge is 2.29. The van der Waals surface area contributed by atoms with Crippen molar-refractivity contribution in [3.8, 4) is 0 Å². The van der Waals surface area contributed by atoms with E-state index in [1.54, 1.807) is 18.2 Å². The number of likely N-dealkylation sites (N-methyl/N-ethyl adjacent to an activating group) is 1. The third-order valence-electron chi connectivity index (χ3n) is 2.95. The van der Waals surface area contributed by atoms with E-state index < -0.39 is 6.04 Å². The lowest BCUT2D eigenvalue weighted by molar-refractivity contribution is -0.134. The van der Waals surface area contributed by atoms with Crippen molar-refractivity contribution in [3.05, 3.63) is 23.7 Å². The summed E-state index contributed by atoms with van der Waals surface area (Å²) < 4.78 is 5.20. The molecule has 1 atom stereocenters. The van der Waals surface area contributed by atoms with Crippen molar-refractivity contribution >= 4 is 5.91 Å². The number of carbonyl (C=O) groups excluding carboxylic acids is 1. The molecular weight excluding hydrogens is 216 g/mol. The lowest BCUT2D eigenvalue weighted by Gasteiger charge is -2.29. The van der Waals surface area contributed by atoms with Crippen LogP contribution in [0.25, 0.3) is 0 Å². The first-order valence-corrected chi connectivity index (χ1v) is 5.77. The monoisotopic (exact) mass is 238 g/mol. The Hall–Kier alpha value is -1.29. The number of carbonyl (C=O) groups is 1. The number of hydrogen-bond acceptors (Lipinski definition) is 3. The number of hydrogen-bond donors (Lipinski definition) is 1. The Kier molecular flexibility index (Phi) is 3.98. The maximum absolute atomic E-state index is 12.1. The molecule has 4 heteroatoms. The van der Waals surface area contributed by atoms with E-state index in [1.807, 2.05) is 33.8 Å². The fourth-order valence-corrected chi connectivity index (χ4v) is 1.52. The maximum atomic E-state index is 12.1. The van der Waals surface area contributed by atoms with Crippen molar-refractivity contribution in [2.75, 3.05) is 7.05 Å². The van der Waals surface area contributed by atoms with E-state index in [0.29, 0.717) is 6.54 Å². The van der Waals surface area contributed by atoms with Crippen molar-refractivity contribution in [1.82, 2.24) is 4.90 Å². The van der Waals surface area contributed by atoms with Gasteiger partial charge < -0.3 is 15.1 Å². The largest absolute Gasteiger partial charge is 0.469 e. The normalized spacial score (nSPS) is 13.5. The number of rotatable bonds is 3. The average molecular weight is 238 g/mol. The highest BCUT2D eigenvalue weighted by molar-refractivity contribution is 5.82. The minimum Gasteiger partial charge on any atom is -0.469 e. The van der Waals surface area contributed by atoms with Gasteiger partial charge in [0.15, 0.2) is 0 Å². The first-order valence-electron chi connectivity index (χ1n) is 5.77. The SMILES string of the molecule is Cc1occc1CN(C)C(=O)[C@@H](N)C(C)(C)C. The number of nitrogens with zero attached hydrogens (tertiary/aromatic N) is 1. The van der Waals surface area contributed by atoms with Crippen LogP contribution in [0, 0.1) is 12.3 Å². The molecule has 1 heterocycles. The van der Waals surface area contributed by atoms with Gasteiger partial charge >= 0.3 is 0 Å². The van der Waals surface area contributed by atoms with Gasteiger partial charge in [-0.15, -0.1) is 0 Å². The van der Waals surface area contributed by atoms with Gasteiger partial charge in [-0.3, -0.25) is 4.79 Å². The van der Waals surface area contributed by atoms with Gasteiger partial charge in [0.25, 0.3) is 0 Å². The van der Waals surface area contributed by atoms with E-state index in [9.17, 15) is 4.79 Å². The van der Waals surface area contributed by atoms with E-state index in [0.717, 1.165) is 11.3 Å². The summed E-state index contributed by atoms with van der Waals surface area (Å²) in [5.74, 6) is 0.798. The standard InChI is InChI=1S/C13H22N2O2/c1-9-10(6-7-17-9)8-15(5)12(16)11(14)13(2,3)4/h6-7,11H,8,14H2,1-5H3/t11-/m1/s1. The highest BCUT2D eigenvalue weighted by Crippen LogP contribution is 2.20. The zero-order valence-electron chi connectivity index (χ0n) is 11.3. The molecule has 17 heavy (non-hydrogen) atoms. The fraction of sp³-hybridized carbons (Fsp3) is 0.615. The van der Waals surface area contributed by atoms with Crippen LogP contribution in [0.15, 0.2) is 16.7 Å². The summed E-state index contributed by atoms with van der Waals surface area (Å²) in [5.41, 5.74) is 6.74. The molecular formula is C13H22N2O2. The van der Waals surface area contributed by atoms with Crippen molar-refractivity contribution in [2.45, 2.75) is 40.3 Å². The zero-order chi connectivity index (χ0) is 13.2. The van der Waals surface area contributed by atoms with E-state index in [4.69, 9.17) is 10.2 Å². The van der Waals surface area contributed by atoms with Crippen molar-refractivity contribution in [1.29, 1.82) is 0 Å². The Morgan fingerprint density at radius 3 is 2.53 bits per heavy atom. The topological polar surface area (TPSA) is 59.5 Å². The van der Waals surface area contributed by atoms with Crippen LogP contribution in [-0.2, 0) is 11.3 Å². The zero-order valence-corrected chi connectivity index (χ0v) is 11.3. The maximum Gasteiger partial charge on any atom is 0.240 e. The molecule has 0 spiro atoms. The average Bonchev–Trinajstić information content (AvgIpc) is 2.61. The second-order valence-corrected chi connectivity index (χ2v) is 5.54. The molecule has 1 amide bonds. The number of aryl methyl sites for hydroxylation is 1. The van der Waals surface area contributed by atoms with Crippen molar-refractivity contribution in [3.63, 3.8) is 0 Å². The number of nitrogens with two attached hydrogens (primary N) is 1. The Morgan fingerprint density at radius 1 is 1.53 bits per heavy atom. The van der Waals surface area contributed by atoms with Gasteiger partial charge in [-0.2, -0.15) is 0 Å². The summed E-state index contributed by atoms with van der Waals surface area (Å²) in [5, 5.41) is 0. The molecule has 1 rings (SSSR count). The predicted octanol–water partition coefficient (Wildman–Crippen LogP) is 1.92. The Bertz CT molecular complexity index is 390. The van der Waals surface area contributed by atoms with Crippen LogP contribution < -0.4 is 5.73 Å². The summed E-state index contributed by atoms with van der Waals surface area (Å²) in [6, 6.07) is 1.39. The van der Waals surface area contributed by atoms with Crippen LogP contribution in [-0.4, -0.2) is 23.9 Å². The molecule has 0 bridgehead atoms. The van der Waals surface area contributed by atoms with Crippen LogP contribution in [0.3, 0.4) is 0 Å². The summed E-state index contributed by atoms with van der Waals surface area (Å²) in [6.45, 7) is 8.31. The Morgan fingerprint density at radius 2 is 2.12 bits per heavy atom. The van der Waals surface area contributed by atoms with Crippen molar-refractivity contribution < 1.29 is 9.21 Å². The van der Waals surface area contributed by atoms with E-state index in [2.05, 4.69) is 0 Å². The lowest BCUT2D eigenvalue weighted by Crippen LogP contribution is -2.48. The van der Waals surface area contributed by atoms with Gasteiger partial charge in [-0.05, 0) is 18.4 Å². The second-order valence-electron chi connectivity index (χ2n) is 5.54. The molecule has 0 radical (unpaired) electrons. The van der Waals surface area contributed by atoms with Crippen LogP contribution >= 0.6 is 0 Å². The minimum absolute atomic E-state index is 0.0434. The van der Waals surface area contributed by atoms with Crippen molar-refractivity contribution in [2.24, 2.45) is 11.1 Å². The van der Waals surface area contributed by atoms with Crippen LogP contribution in [0.4, 0.5) is 0 Å². The molecule has 1 aromatic heterocycles. The third-order valence-corrected chi connectivity index (χ3v) is 2.95. The van der Waals surface area contributed by atoms with Crippen LogP contribution in [0.1, 0.15) is 32.1 Å². The molecule has 0 saturated carbocycles. The minimum atomic E-state index is -0.486. The Balaban J connectivity index is 2.68. The van der Waals surface area contributed by atoms with E-state index >= 15 is 0 Å². The molecule has 1 aromatic rings. The first kappa shape index (κ1) is 13.8. The molecule has 0 aromatic carbocycles. The number of furan rings is 1. The van der Waals surface area contributed by atoms with Gasteiger partial charge in [0, 0.05) is 19.2 Å². The molecule has 0 aliphatic carbocycles. The third kappa shape index (κ3) is 3.33. The van der Waals surface area contributed by atoms with Crippen LogP contribution in [0.5, 0.6) is 0 Å². The summed E-state index contributed by atoms with van der Waals surface area (Å²) in [7, 11) is 1.76. The first-order chi connectivity index (χ1) is 7.73. The highest BCUT2D eigenvalue weighted by atomic mass is 16.3. The van der Waals surface area contributed by atoms with E-state index in [1.165, 1.54) is 0 Å².